The highest BCUT2D eigenvalue weighted by atomic mass is 35.5. The smallest absolute Gasteiger partial charge is 0.323 e. The van der Waals surface area contributed by atoms with Crippen LogP contribution in [0, 0.1) is 12.7 Å². The molecule has 1 aromatic heterocycles. The number of halogens is 6. The SMILES string of the molecule is Cc1cc(F)c(NC(=O)Cc2nc(Cl)ccc2Cl)cc1SCC(F)(F)F. The van der Waals surface area contributed by atoms with Crippen molar-refractivity contribution in [2.75, 3.05) is 11.1 Å². The third-order valence-corrected chi connectivity index (χ3v) is 4.92. The fourth-order valence-corrected chi connectivity index (χ4v) is 3.14. The number of amides is 1. The second-order valence-electron chi connectivity index (χ2n) is 5.29. The van der Waals surface area contributed by atoms with Gasteiger partial charge in [0.15, 0.2) is 0 Å². The Bertz CT molecular complexity index is 831. The lowest BCUT2D eigenvalue weighted by Gasteiger charge is -2.12. The molecule has 3 nitrogen and oxygen atoms in total. The number of thioether (sulfide) groups is 1. The van der Waals surface area contributed by atoms with Gasteiger partial charge >= 0.3 is 6.18 Å². The van der Waals surface area contributed by atoms with E-state index in [1.54, 1.807) is 0 Å². The molecule has 0 saturated carbocycles. The van der Waals surface area contributed by atoms with E-state index in [1.165, 1.54) is 25.1 Å². The number of pyridine rings is 1. The number of hydrogen-bond donors (Lipinski definition) is 1. The predicted molar refractivity (Wildman–Crippen MR) is 94.5 cm³/mol. The minimum atomic E-state index is -4.36. The summed E-state index contributed by atoms with van der Waals surface area (Å²) < 4.78 is 51.2. The van der Waals surface area contributed by atoms with Crippen LogP contribution in [-0.2, 0) is 11.2 Å². The normalized spacial score (nSPS) is 11.5. The molecule has 0 fully saturated rings. The van der Waals surface area contributed by atoms with Crippen molar-refractivity contribution >= 4 is 46.6 Å². The Morgan fingerprint density at radius 1 is 1.27 bits per heavy atom. The molecule has 0 aliphatic rings. The number of rotatable bonds is 5. The summed E-state index contributed by atoms with van der Waals surface area (Å²) in [6, 6.07) is 5.16. The first-order chi connectivity index (χ1) is 12.0. The van der Waals surface area contributed by atoms with E-state index >= 15 is 0 Å². The van der Waals surface area contributed by atoms with Gasteiger partial charge < -0.3 is 5.32 Å². The molecule has 140 valence electrons. The number of alkyl halides is 3. The number of carbonyl (C=O) groups is 1. The first-order valence-electron chi connectivity index (χ1n) is 7.15. The van der Waals surface area contributed by atoms with Crippen LogP contribution in [0.3, 0.4) is 0 Å². The highest BCUT2D eigenvalue weighted by Crippen LogP contribution is 2.32. The van der Waals surface area contributed by atoms with Gasteiger partial charge in [0.05, 0.1) is 28.6 Å². The highest BCUT2D eigenvalue weighted by molar-refractivity contribution is 7.99. The Labute approximate surface area is 161 Å². The second-order valence-corrected chi connectivity index (χ2v) is 7.10. The molecule has 1 amide bonds. The van der Waals surface area contributed by atoms with E-state index < -0.39 is 23.7 Å². The maximum Gasteiger partial charge on any atom is 0.398 e. The van der Waals surface area contributed by atoms with Gasteiger partial charge in [0, 0.05) is 4.90 Å². The van der Waals surface area contributed by atoms with E-state index in [1.807, 2.05) is 0 Å². The van der Waals surface area contributed by atoms with Crippen molar-refractivity contribution in [2.24, 2.45) is 0 Å². The first kappa shape index (κ1) is 20.8. The standard InChI is InChI=1S/C16H12Cl2F4N2OS/c1-8-4-10(19)12(5-13(8)26-7-16(20,21)22)24-15(25)6-11-9(17)2-3-14(18)23-11/h2-5H,6-7H2,1H3,(H,24,25). The van der Waals surface area contributed by atoms with Crippen LogP contribution in [-0.4, -0.2) is 22.8 Å². The maximum absolute atomic E-state index is 14.0. The second kappa shape index (κ2) is 8.45. The first-order valence-corrected chi connectivity index (χ1v) is 8.90. The van der Waals surface area contributed by atoms with Crippen LogP contribution in [0.1, 0.15) is 11.3 Å². The summed E-state index contributed by atoms with van der Waals surface area (Å²) >= 11 is 12.2. The molecule has 26 heavy (non-hydrogen) atoms. The fourth-order valence-electron chi connectivity index (χ4n) is 1.99. The molecule has 0 atom stereocenters. The number of anilines is 1. The summed E-state index contributed by atoms with van der Waals surface area (Å²) in [4.78, 5) is 16.2. The van der Waals surface area contributed by atoms with Gasteiger partial charge in [-0.25, -0.2) is 9.37 Å². The van der Waals surface area contributed by atoms with Crippen LogP contribution >= 0.6 is 35.0 Å². The lowest BCUT2D eigenvalue weighted by molar-refractivity contribution is -0.115. The molecule has 0 spiro atoms. The minimum absolute atomic E-state index is 0.143. The van der Waals surface area contributed by atoms with Crippen LogP contribution < -0.4 is 5.32 Å². The number of nitrogens with one attached hydrogen (secondary N) is 1. The molecule has 0 aliphatic carbocycles. The van der Waals surface area contributed by atoms with E-state index in [2.05, 4.69) is 10.3 Å². The fraction of sp³-hybridized carbons (Fsp3) is 0.250. The largest absolute Gasteiger partial charge is 0.398 e. The van der Waals surface area contributed by atoms with Crippen LogP contribution in [0.5, 0.6) is 0 Å². The Hall–Kier alpha value is -1.51. The number of hydrogen-bond acceptors (Lipinski definition) is 3. The maximum atomic E-state index is 14.0. The van der Waals surface area contributed by atoms with Crippen LogP contribution in [0.25, 0.3) is 0 Å². The quantitative estimate of drug-likeness (QED) is 0.380. The van der Waals surface area contributed by atoms with Crippen molar-refractivity contribution in [3.05, 3.63) is 51.5 Å². The Morgan fingerprint density at radius 2 is 1.96 bits per heavy atom. The number of nitrogens with zero attached hydrogens (tertiary/aromatic N) is 1. The number of benzene rings is 1. The summed E-state index contributed by atoms with van der Waals surface area (Å²) in [5, 5.41) is 2.68. The van der Waals surface area contributed by atoms with Gasteiger partial charge in [0.1, 0.15) is 11.0 Å². The Morgan fingerprint density at radius 3 is 2.62 bits per heavy atom. The zero-order valence-electron chi connectivity index (χ0n) is 13.3. The van der Waals surface area contributed by atoms with E-state index in [-0.39, 0.29) is 32.9 Å². The average molecular weight is 427 g/mol. The molecule has 2 rings (SSSR count). The van der Waals surface area contributed by atoms with Gasteiger partial charge in [-0.1, -0.05) is 23.2 Å². The molecule has 1 N–H and O–H groups in total. The van der Waals surface area contributed by atoms with Gasteiger partial charge in [0.2, 0.25) is 5.91 Å². The molecular weight excluding hydrogens is 415 g/mol. The van der Waals surface area contributed by atoms with E-state index in [0.717, 1.165) is 6.07 Å². The summed E-state index contributed by atoms with van der Waals surface area (Å²) in [5.41, 5.74) is 0.327. The van der Waals surface area contributed by atoms with Crippen molar-refractivity contribution < 1.29 is 22.4 Å². The molecule has 1 heterocycles. The van der Waals surface area contributed by atoms with Crippen molar-refractivity contribution in [1.29, 1.82) is 0 Å². The molecule has 2 aromatic rings. The number of aromatic nitrogens is 1. The third-order valence-electron chi connectivity index (χ3n) is 3.14. The van der Waals surface area contributed by atoms with Gasteiger partial charge in [-0.2, -0.15) is 13.2 Å². The molecular formula is C16H12Cl2F4N2OS. The van der Waals surface area contributed by atoms with Crippen molar-refractivity contribution in [1.82, 2.24) is 4.98 Å². The zero-order chi connectivity index (χ0) is 19.5. The van der Waals surface area contributed by atoms with Gasteiger partial charge in [0.25, 0.3) is 0 Å². The van der Waals surface area contributed by atoms with E-state index in [4.69, 9.17) is 23.2 Å². The third kappa shape index (κ3) is 6.03. The molecule has 0 radical (unpaired) electrons. The number of carbonyl (C=O) groups excluding carboxylic acids is 1. The average Bonchev–Trinajstić information content (AvgIpc) is 2.51. The summed E-state index contributed by atoms with van der Waals surface area (Å²) in [6.07, 6.45) is -4.62. The molecule has 10 heteroatoms. The van der Waals surface area contributed by atoms with Crippen LogP contribution in [0.2, 0.25) is 10.2 Å². The topological polar surface area (TPSA) is 42.0 Å². The Balaban J connectivity index is 2.15. The van der Waals surface area contributed by atoms with E-state index in [0.29, 0.717) is 17.3 Å². The zero-order valence-corrected chi connectivity index (χ0v) is 15.6. The van der Waals surface area contributed by atoms with Crippen LogP contribution in [0.4, 0.5) is 23.2 Å². The highest BCUT2D eigenvalue weighted by Gasteiger charge is 2.27. The lowest BCUT2D eigenvalue weighted by atomic mass is 10.2. The van der Waals surface area contributed by atoms with Gasteiger partial charge in [-0.15, -0.1) is 11.8 Å². The molecule has 1 aromatic carbocycles. The Kier molecular flexibility index (Phi) is 6.76. The summed E-state index contributed by atoms with van der Waals surface area (Å²) in [6.45, 7) is 1.49. The summed E-state index contributed by atoms with van der Waals surface area (Å²) in [5.74, 6) is -2.50. The molecule has 0 bridgehead atoms. The predicted octanol–water partition coefficient (Wildman–Crippen LogP) is 5.67. The minimum Gasteiger partial charge on any atom is -0.323 e. The molecule has 0 aliphatic heterocycles. The van der Waals surface area contributed by atoms with Crippen molar-refractivity contribution in [3.63, 3.8) is 0 Å². The van der Waals surface area contributed by atoms with Gasteiger partial charge in [-0.05, 0) is 36.8 Å². The van der Waals surface area contributed by atoms with Crippen molar-refractivity contribution in [2.45, 2.75) is 24.4 Å². The monoisotopic (exact) mass is 426 g/mol. The van der Waals surface area contributed by atoms with E-state index in [9.17, 15) is 22.4 Å². The molecule has 0 unspecified atom stereocenters. The summed E-state index contributed by atoms with van der Waals surface area (Å²) in [7, 11) is 0. The van der Waals surface area contributed by atoms with Crippen molar-refractivity contribution in [3.8, 4) is 0 Å². The van der Waals surface area contributed by atoms with Crippen LogP contribution in [0.15, 0.2) is 29.2 Å². The number of aryl methyl sites for hydroxylation is 1. The lowest BCUT2D eigenvalue weighted by Crippen LogP contribution is -2.17. The molecule has 0 saturated heterocycles. The van der Waals surface area contributed by atoms with Gasteiger partial charge in [-0.3, -0.25) is 4.79 Å².